The highest BCUT2D eigenvalue weighted by Gasteiger charge is 2.19. The zero-order valence-electron chi connectivity index (χ0n) is 11.5. The fourth-order valence-corrected chi connectivity index (χ4v) is 3.34. The molecule has 0 aliphatic rings. The average molecular weight is 362 g/mol. The van der Waals surface area contributed by atoms with Crippen molar-refractivity contribution < 1.29 is 25.6 Å². The smallest absolute Gasteiger partial charge is 0.225 e. The van der Waals surface area contributed by atoms with Crippen molar-refractivity contribution in [3.63, 3.8) is 0 Å². The normalized spacial score (nSPS) is 12.3. The van der Waals surface area contributed by atoms with Crippen LogP contribution in [0.4, 0.5) is 8.78 Å². The molecule has 23 heavy (non-hydrogen) atoms. The minimum absolute atomic E-state index is 0.117. The van der Waals surface area contributed by atoms with E-state index in [2.05, 4.69) is 4.72 Å². The van der Waals surface area contributed by atoms with Gasteiger partial charge in [-0.15, -0.1) is 0 Å². The van der Waals surface area contributed by atoms with Gasteiger partial charge in [-0.1, -0.05) is 12.1 Å². The van der Waals surface area contributed by atoms with Crippen molar-refractivity contribution in [2.75, 3.05) is 0 Å². The van der Waals surface area contributed by atoms with E-state index in [1.807, 2.05) is 0 Å². The van der Waals surface area contributed by atoms with Crippen LogP contribution < -0.4 is 9.86 Å². The Bertz CT molecular complexity index is 927. The topological polar surface area (TPSA) is 106 Å². The molecule has 0 aliphatic heterocycles. The second-order valence-corrected chi connectivity index (χ2v) is 7.89. The van der Waals surface area contributed by atoms with Gasteiger partial charge in [0.15, 0.2) is 0 Å². The lowest BCUT2D eigenvalue weighted by atomic mass is 10.2. The molecular weight excluding hydrogens is 350 g/mol. The minimum atomic E-state index is -4.18. The number of benzene rings is 2. The first-order chi connectivity index (χ1) is 10.6. The van der Waals surface area contributed by atoms with E-state index in [1.165, 1.54) is 24.3 Å². The van der Waals surface area contributed by atoms with Crippen molar-refractivity contribution in [3.8, 4) is 0 Å². The zero-order chi connectivity index (χ0) is 17.3. The maximum Gasteiger partial charge on any atom is 0.243 e. The molecule has 3 N–H and O–H groups in total. The summed E-state index contributed by atoms with van der Waals surface area (Å²) in [5.74, 6) is -2.10. The second-order valence-electron chi connectivity index (χ2n) is 4.59. The van der Waals surface area contributed by atoms with Crippen LogP contribution in [0.5, 0.6) is 0 Å². The second kappa shape index (κ2) is 6.32. The molecule has 6 nitrogen and oxygen atoms in total. The van der Waals surface area contributed by atoms with Crippen molar-refractivity contribution in [2.45, 2.75) is 16.3 Å². The molecule has 0 saturated carbocycles. The molecule has 0 aliphatic carbocycles. The van der Waals surface area contributed by atoms with Crippen molar-refractivity contribution in [3.05, 3.63) is 59.7 Å². The number of sulfonamides is 2. The molecule has 124 valence electrons. The highest BCUT2D eigenvalue weighted by atomic mass is 32.2. The Morgan fingerprint density at radius 2 is 1.57 bits per heavy atom. The number of nitrogens with one attached hydrogen (secondary N) is 1. The summed E-state index contributed by atoms with van der Waals surface area (Å²) in [4.78, 5) is -0.797. The van der Waals surface area contributed by atoms with Crippen LogP contribution in [0.1, 0.15) is 5.56 Å². The van der Waals surface area contributed by atoms with E-state index < -0.39 is 36.6 Å². The summed E-state index contributed by atoms with van der Waals surface area (Å²) in [6.07, 6.45) is 0. The van der Waals surface area contributed by atoms with Crippen LogP contribution in [0.15, 0.2) is 52.3 Å². The quantitative estimate of drug-likeness (QED) is 0.830. The van der Waals surface area contributed by atoms with Crippen LogP contribution in [0.25, 0.3) is 0 Å². The number of halogens is 2. The summed E-state index contributed by atoms with van der Waals surface area (Å²) in [6.45, 7) is -0.204. The lowest BCUT2D eigenvalue weighted by Crippen LogP contribution is -2.24. The van der Waals surface area contributed by atoms with Gasteiger partial charge in [0.2, 0.25) is 20.0 Å². The Labute approximate surface area is 132 Å². The van der Waals surface area contributed by atoms with E-state index in [0.717, 1.165) is 12.1 Å². The Morgan fingerprint density at radius 1 is 0.957 bits per heavy atom. The van der Waals surface area contributed by atoms with Crippen LogP contribution in [0, 0.1) is 11.6 Å². The molecule has 0 amide bonds. The monoisotopic (exact) mass is 362 g/mol. The van der Waals surface area contributed by atoms with Crippen molar-refractivity contribution >= 4 is 20.0 Å². The minimum Gasteiger partial charge on any atom is -0.225 e. The maximum atomic E-state index is 13.5. The molecule has 0 bridgehead atoms. The third-order valence-corrected chi connectivity index (χ3v) is 5.27. The first-order valence-electron chi connectivity index (χ1n) is 6.16. The Balaban J connectivity index is 2.16. The molecule has 0 aromatic heterocycles. The van der Waals surface area contributed by atoms with Gasteiger partial charge >= 0.3 is 0 Å². The number of nitrogens with two attached hydrogens (primary N) is 1. The summed E-state index contributed by atoms with van der Waals surface area (Å²) in [7, 11) is -8.02. The Hall–Kier alpha value is -1.88. The number of primary sulfonamides is 1. The lowest BCUT2D eigenvalue weighted by Gasteiger charge is -2.08. The number of hydrogen-bond donors (Lipinski definition) is 2. The van der Waals surface area contributed by atoms with Crippen molar-refractivity contribution in [1.29, 1.82) is 0 Å². The first-order valence-corrected chi connectivity index (χ1v) is 9.19. The fourth-order valence-electron chi connectivity index (χ4n) is 1.75. The van der Waals surface area contributed by atoms with Gasteiger partial charge < -0.3 is 0 Å². The molecule has 0 unspecified atom stereocenters. The molecule has 0 saturated heterocycles. The van der Waals surface area contributed by atoms with Gasteiger partial charge in [-0.05, 0) is 29.8 Å². The third-order valence-electron chi connectivity index (χ3n) is 2.90. The molecule has 0 fully saturated rings. The molecule has 0 spiro atoms. The SMILES string of the molecule is NS(=O)(=O)c1ccc(CNS(=O)(=O)c2ccc(F)cc2F)cc1. The van der Waals surface area contributed by atoms with E-state index >= 15 is 0 Å². The summed E-state index contributed by atoms with van der Waals surface area (Å²) >= 11 is 0. The molecule has 0 radical (unpaired) electrons. The molecule has 2 rings (SSSR count). The molecule has 2 aromatic carbocycles. The summed E-state index contributed by atoms with van der Waals surface area (Å²) in [6, 6.07) is 7.28. The van der Waals surface area contributed by atoms with Crippen LogP contribution in [0.2, 0.25) is 0 Å². The van der Waals surface area contributed by atoms with Gasteiger partial charge in [-0.2, -0.15) is 0 Å². The Kier molecular flexibility index (Phi) is 4.80. The van der Waals surface area contributed by atoms with E-state index in [9.17, 15) is 25.6 Å². The average Bonchev–Trinajstić information content (AvgIpc) is 2.44. The fraction of sp³-hybridized carbons (Fsp3) is 0.0769. The largest absolute Gasteiger partial charge is 0.243 e. The van der Waals surface area contributed by atoms with Crippen molar-refractivity contribution in [1.82, 2.24) is 4.72 Å². The van der Waals surface area contributed by atoms with Crippen LogP contribution >= 0.6 is 0 Å². The summed E-state index contributed by atoms with van der Waals surface area (Å²) in [5.41, 5.74) is 0.434. The molecule has 10 heteroatoms. The molecule has 2 aromatic rings. The van der Waals surface area contributed by atoms with E-state index in [1.54, 1.807) is 0 Å². The number of rotatable bonds is 5. The van der Waals surface area contributed by atoms with Crippen LogP contribution in [0.3, 0.4) is 0 Å². The predicted octanol–water partition coefficient (Wildman–Crippen LogP) is 1.09. The molecule has 0 atom stereocenters. The maximum absolute atomic E-state index is 13.5. The zero-order valence-corrected chi connectivity index (χ0v) is 13.2. The Morgan fingerprint density at radius 3 is 2.09 bits per heavy atom. The van der Waals surface area contributed by atoms with Gasteiger partial charge in [-0.25, -0.2) is 35.5 Å². The van der Waals surface area contributed by atoms with E-state index in [-0.39, 0.29) is 11.4 Å². The van der Waals surface area contributed by atoms with Crippen molar-refractivity contribution in [2.24, 2.45) is 5.14 Å². The van der Waals surface area contributed by atoms with Gasteiger partial charge in [0.05, 0.1) is 4.90 Å². The van der Waals surface area contributed by atoms with E-state index in [0.29, 0.717) is 11.6 Å². The molecule has 0 heterocycles. The predicted molar refractivity (Wildman–Crippen MR) is 78.2 cm³/mol. The van der Waals surface area contributed by atoms with Crippen LogP contribution in [-0.4, -0.2) is 16.8 Å². The number of hydrogen-bond acceptors (Lipinski definition) is 4. The van der Waals surface area contributed by atoms with Gasteiger partial charge in [0, 0.05) is 12.6 Å². The molecular formula is C13H12F2N2O4S2. The summed E-state index contributed by atoms with van der Waals surface area (Å²) in [5, 5.41) is 4.94. The summed E-state index contributed by atoms with van der Waals surface area (Å²) < 4.78 is 74.6. The third kappa shape index (κ3) is 4.32. The van der Waals surface area contributed by atoms with Gasteiger partial charge in [-0.3, -0.25) is 0 Å². The highest BCUT2D eigenvalue weighted by molar-refractivity contribution is 7.89. The standard InChI is InChI=1S/C13H12F2N2O4S2/c14-10-3-6-13(12(15)7-10)23(20,21)17-8-9-1-4-11(5-2-9)22(16,18)19/h1-7,17H,8H2,(H2,16,18,19). The van der Waals surface area contributed by atoms with Gasteiger partial charge in [0.25, 0.3) is 0 Å². The highest BCUT2D eigenvalue weighted by Crippen LogP contribution is 2.16. The van der Waals surface area contributed by atoms with E-state index in [4.69, 9.17) is 5.14 Å². The first kappa shape index (κ1) is 17.5. The lowest BCUT2D eigenvalue weighted by molar-refractivity contribution is 0.543. The van der Waals surface area contributed by atoms with Crippen LogP contribution in [-0.2, 0) is 26.6 Å². The van der Waals surface area contributed by atoms with Gasteiger partial charge in [0.1, 0.15) is 16.5 Å².